The Bertz CT molecular complexity index is 326. The van der Waals surface area contributed by atoms with Gasteiger partial charge in [-0.1, -0.05) is 30.3 Å². The predicted molar refractivity (Wildman–Crippen MR) is 76.4 cm³/mol. The molecule has 18 heavy (non-hydrogen) atoms. The maximum absolute atomic E-state index is 5.49. The summed E-state index contributed by atoms with van der Waals surface area (Å²) >= 11 is 0. The van der Waals surface area contributed by atoms with Crippen molar-refractivity contribution in [1.29, 1.82) is 0 Å². The van der Waals surface area contributed by atoms with Crippen LogP contribution in [0.25, 0.3) is 0 Å². The number of nitrogens with zero attached hydrogens (tertiary/aromatic N) is 1. The number of hydrogen-bond acceptors (Lipinski definition) is 3. The van der Waals surface area contributed by atoms with E-state index in [0.29, 0.717) is 6.04 Å². The van der Waals surface area contributed by atoms with Crippen molar-refractivity contribution in [2.24, 2.45) is 5.73 Å². The fourth-order valence-electron chi connectivity index (χ4n) is 2.56. The molecule has 0 radical (unpaired) electrons. The van der Waals surface area contributed by atoms with E-state index < -0.39 is 0 Å². The minimum atomic E-state index is 0.673. The van der Waals surface area contributed by atoms with Gasteiger partial charge >= 0.3 is 0 Å². The van der Waals surface area contributed by atoms with Crippen LogP contribution in [0.5, 0.6) is 0 Å². The van der Waals surface area contributed by atoms with Crippen molar-refractivity contribution in [3.63, 3.8) is 0 Å². The molecule has 1 heterocycles. The second-order valence-electron chi connectivity index (χ2n) is 5.16. The summed E-state index contributed by atoms with van der Waals surface area (Å²) in [5.74, 6) is 0. The van der Waals surface area contributed by atoms with Crippen LogP contribution in [0.4, 0.5) is 0 Å². The molecule has 0 aliphatic carbocycles. The molecule has 1 aliphatic heterocycles. The number of benzene rings is 1. The Morgan fingerprint density at radius 1 is 1.22 bits per heavy atom. The number of nitrogens with one attached hydrogen (secondary N) is 1. The standard InChI is InChI=1S/C15H25N3/c16-9-4-5-10-17-15-8-11-18(13-15)12-14-6-2-1-3-7-14/h1-3,6-7,15,17H,4-5,8-13,16H2. The molecule has 3 heteroatoms. The van der Waals surface area contributed by atoms with Gasteiger partial charge in [0.1, 0.15) is 0 Å². The summed E-state index contributed by atoms with van der Waals surface area (Å²) in [5, 5.41) is 3.63. The molecule has 2 rings (SSSR count). The fourth-order valence-corrected chi connectivity index (χ4v) is 2.56. The Kier molecular flexibility index (Phi) is 5.65. The number of likely N-dealkylation sites (tertiary alicyclic amines) is 1. The van der Waals surface area contributed by atoms with Gasteiger partial charge in [0.05, 0.1) is 0 Å². The minimum absolute atomic E-state index is 0.673. The van der Waals surface area contributed by atoms with Crippen molar-refractivity contribution in [2.45, 2.75) is 31.8 Å². The zero-order valence-electron chi connectivity index (χ0n) is 11.1. The van der Waals surface area contributed by atoms with E-state index >= 15 is 0 Å². The van der Waals surface area contributed by atoms with Crippen molar-refractivity contribution in [1.82, 2.24) is 10.2 Å². The van der Waals surface area contributed by atoms with Gasteiger partial charge < -0.3 is 11.1 Å². The van der Waals surface area contributed by atoms with Crippen molar-refractivity contribution in [3.8, 4) is 0 Å². The van der Waals surface area contributed by atoms with E-state index in [9.17, 15) is 0 Å². The van der Waals surface area contributed by atoms with Gasteiger partial charge in [0.15, 0.2) is 0 Å². The molecule has 1 aromatic carbocycles. The highest BCUT2D eigenvalue weighted by atomic mass is 15.2. The van der Waals surface area contributed by atoms with Gasteiger partial charge in [0.25, 0.3) is 0 Å². The molecule has 0 aromatic heterocycles. The molecule has 1 unspecified atom stereocenters. The summed E-state index contributed by atoms with van der Waals surface area (Å²) in [5.41, 5.74) is 6.91. The van der Waals surface area contributed by atoms with Crippen LogP contribution < -0.4 is 11.1 Å². The minimum Gasteiger partial charge on any atom is -0.330 e. The molecule has 3 N–H and O–H groups in total. The van der Waals surface area contributed by atoms with Crippen LogP contribution in [0.15, 0.2) is 30.3 Å². The van der Waals surface area contributed by atoms with Gasteiger partial charge in [0, 0.05) is 25.7 Å². The van der Waals surface area contributed by atoms with E-state index in [-0.39, 0.29) is 0 Å². The number of rotatable bonds is 7. The summed E-state index contributed by atoms with van der Waals surface area (Å²) < 4.78 is 0. The van der Waals surface area contributed by atoms with Gasteiger partial charge in [-0.15, -0.1) is 0 Å². The quantitative estimate of drug-likeness (QED) is 0.719. The SMILES string of the molecule is NCCCCNC1CCN(Cc2ccccc2)C1. The molecule has 1 saturated heterocycles. The summed E-state index contributed by atoms with van der Waals surface area (Å²) in [4.78, 5) is 2.54. The number of hydrogen-bond donors (Lipinski definition) is 2. The lowest BCUT2D eigenvalue weighted by atomic mass is 10.2. The zero-order chi connectivity index (χ0) is 12.6. The summed E-state index contributed by atoms with van der Waals surface area (Å²) in [6, 6.07) is 11.4. The highest BCUT2D eigenvalue weighted by Crippen LogP contribution is 2.13. The fraction of sp³-hybridized carbons (Fsp3) is 0.600. The van der Waals surface area contributed by atoms with Gasteiger partial charge in [-0.25, -0.2) is 0 Å². The molecule has 3 nitrogen and oxygen atoms in total. The van der Waals surface area contributed by atoms with Crippen LogP contribution in [0.2, 0.25) is 0 Å². The lowest BCUT2D eigenvalue weighted by Crippen LogP contribution is -2.33. The number of nitrogens with two attached hydrogens (primary N) is 1. The first-order valence-electron chi connectivity index (χ1n) is 7.08. The van der Waals surface area contributed by atoms with E-state index in [1.807, 2.05) is 0 Å². The van der Waals surface area contributed by atoms with Crippen LogP contribution in [0.1, 0.15) is 24.8 Å². The summed E-state index contributed by atoms with van der Waals surface area (Å²) in [6.07, 6.45) is 3.61. The maximum Gasteiger partial charge on any atom is 0.0234 e. The highest BCUT2D eigenvalue weighted by Gasteiger charge is 2.21. The highest BCUT2D eigenvalue weighted by molar-refractivity contribution is 5.14. The van der Waals surface area contributed by atoms with E-state index in [0.717, 1.165) is 26.1 Å². The molecular formula is C15H25N3. The molecule has 100 valence electrons. The van der Waals surface area contributed by atoms with Crippen LogP contribution in [-0.2, 0) is 6.54 Å². The van der Waals surface area contributed by atoms with Crippen molar-refractivity contribution in [2.75, 3.05) is 26.2 Å². The van der Waals surface area contributed by atoms with Crippen molar-refractivity contribution in [3.05, 3.63) is 35.9 Å². The van der Waals surface area contributed by atoms with Crippen LogP contribution in [-0.4, -0.2) is 37.1 Å². The first-order chi connectivity index (χ1) is 8.88. The van der Waals surface area contributed by atoms with Gasteiger partial charge in [0.2, 0.25) is 0 Å². The lowest BCUT2D eigenvalue weighted by molar-refractivity contribution is 0.320. The number of unbranched alkanes of at least 4 members (excludes halogenated alkanes) is 1. The normalized spacial score (nSPS) is 20.4. The van der Waals surface area contributed by atoms with E-state index in [1.54, 1.807) is 0 Å². The third-order valence-corrected chi connectivity index (χ3v) is 3.59. The molecule has 0 saturated carbocycles. The third kappa shape index (κ3) is 4.41. The summed E-state index contributed by atoms with van der Waals surface area (Å²) in [6.45, 7) is 5.40. The van der Waals surface area contributed by atoms with Crippen molar-refractivity contribution < 1.29 is 0 Å². The first-order valence-corrected chi connectivity index (χ1v) is 7.08. The average Bonchev–Trinajstić information content (AvgIpc) is 2.84. The molecule has 0 spiro atoms. The van der Waals surface area contributed by atoms with E-state index in [1.165, 1.54) is 31.5 Å². The molecule has 0 bridgehead atoms. The van der Waals surface area contributed by atoms with Crippen LogP contribution >= 0.6 is 0 Å². The monoisotopic (exact) mass is 247 g/mol. The van der Waals surface area contributed by atoms with Gasteiger partial charge in [-0.2, -0.15) is 0 Å². The topological polar surface area (TPSA) is 41.3 Å². The predicted octanol–water partition coefficient (Wildman–Crippen LogP) is 1.59. The van der Waals surface area contributed by atoms with E-state index in [2.05, 4.69) is 40.5 Å². The Morgan fingerprint density at radius 2 is 2.06 bits per heavy atom. The first kappa shape index (κ1) is 13.5. The third-order valence-electron chi connectivity index (χ3n) is 3.59. The Balaban J connectivity index is 1.65. The average molecular weight is 247 g/mol. The second-order valence-corrected chi connectivity index (χ2v) is 5.16. The maximum atomic E-state index is 5.49. The zero-order valence-corrected chi connectivity index (χ0v) is 11.1. The molecule has 1 atom stereocenters. The molecule has 1 aliphatic rings. The molecular weight excluding hydrogens is 222 g/mol. The molecule has 1 aromatic rings. The smallest absolute Gasteiger partial charge is 0.0234 e. The largest absolute Gasteiger partial charge is 0.330 e. The van der Waals surface area contributed by atoms with E-state index in [4.69, 9.17) is 5.73 Å². The second kappa shape index (κ2) is 7.52. The Hall–Kier alpha value is -0.900. The molecule has 0 amide bonds. The molecule has 1 fully saturated rings. The van der Waals surface area contributed by atoms with Crippen LogP contribution in [0, 0.1) is 0 Å². The van der Waals surface area contributed by atoms with Gasteiger partial charge in [-0.3, -0.25) is 4.90 Å². The van der Waals surface area contributed by atoms with Crippen LogP contribution in [0.3, 0.4) is 0 Å². The lowest BCUT2D eigenvalue weighted by Gasteiger charge is -2.16. The Labute approximate surface area is 110 Å². The van der Waals surface area contributed by atoms with Crippen molar-refractivity contribution >= 4 is 0 Å². The summed E-state index contributed by atoms with van der Waals surface area (Å²) in [7, 11) is 0. The van der Waals surface area contributed by atoms with Gasteiger partial charge in [-0.05, 0) is 37.9 Å². The Morgan fingerprint density at radius 3 is 2.83 bits per heavy atom.